The van der Waals surface area contributed by atoms with E-state index in [0.717, 1.165) is 30.0 Å². The summed E-state index contributed by atoms with van der Waals surface area (Å²) in [6, 6.07) is 8.04. The Morgan fingerprint density at radius 3 is 2.87 bits per heavy atom. The summed E-state index contributed by atoms with van der Waals surface area (Å²) in [6.07, 6.45) is 0. The fourth-order valence-corrected chi connectivity index (χ4v) is 2.35. The molecule has 1 aromatic carbocycles. The number of hydrogen-bond acceptors (Lipinski definition) is 4. The number of ether oxygens (including phenoxy) is 1. The van der Waals surface area contributed by atoms with Crippen LogP contribution >= 0.6 is 24.0 Å². The molecule has 1 fully saturated rings. The molecule has 0 atom stereocenters. The van der Waals surface area contributed by atoms with Gasteiger partial charge in [-0.1, -0.05) is 18.2 Å². The molecule has 1 aliphatic heterocycles. The number of nitrogens with zero attached hydrogens (tertiary/aromatic N) is 4. The maximum atomic E-state index is 6.04. The zero-order chi connectivity index (χ0) is 15.4. The van der Waals surface area contributed by atoms with Gasteiger partial charge in [0.2, 0.25) is 0 Å². The van der Waals surface area contributed by atoms with Gasteiger partial charge < -0.3 is 15.4 Å². The number of guanidine groups is 1. The summed E-state index contributed by atoms with van der Waals surface area (Å²) in [5.74, 6) is 2.07. The molecule has 0 saturated carbocycles. The van der Waals surface area contributed by atoms with Crippen molar-refractivity contribution in [3.8, 4) is 11.4 Å². The number of aryl methyl sites for hydroxylation is 1. The molecule has 0 bridgehead atoms. The van der Waals surface area contributed by atoms with E-state index in [4.69, 9.17) is 10.5 Å². The smallest absolute Gasteiger partial charge is 0.191 e. The first kappa shape index (κ1) is 17.7. The van der Waals surface area contributed by atoms with E-state index in [9.17, 15) is 0 Å². The van der Waals surface area contributed by atoms with Gasteiger partial charge in [-0.05, 0) is 18.6 Å². The van der Waals surface area contributed by atoms with Crippen molar-refractivity contribution in [2.24, 2.45) is 10.7 Å². The SMILES string of the molecule is Cc1nc(-c2cccc(CN=C(N)N3CCOCC3)c2)n[nH]1.I. The Hall–Kier alpha value is -1.68. The number of aromatic nitrogens is 3. The van der Waals surface area contributed by atoms with E-state index in [1.807, 2.05) is 36.1 Å². The standard InChI is InChI=1S/C15H20N6O.HI/c1-11-18-14(20-19-11)13-4-2-3-12(9-13)10-17-15(16)21-5-7-22-8-6-21;/h2-4,9H,5-8,10H2,1H3,(H2,16,17)(H,18,19,20);1H. The minimum Gasteiger partial charge on any atom is -0.378 e. The van der Waals surface area contributed by atoms with Crippen LogP contribution in [-0.4, -0.2) is 52.3 Å². The van der Waals surface area contributed by atoms with Gasteiger partial charge >= 0.3 is 0 Å². The average Bonchev–Trinajstić information content (AvgIpc) is 3.00. The van der Waals surface area contributed by atoms with Crippen LogP contribution in [0.5, 0.6) is 0 Å². The first-order valence-electron chi connectivity index (χ1n) is 7.33. The van der Waals surface area contributed by atoms with Gasteiger partial charge in [0, 0.05) is 18.7 Å². The van der Waals surface area contributed by atoms with Crippen molar-refractivity contribution in [3.05, 3.63) is 35.7 Å². The molecule has 124 valence electrons. The molecular formula is C15H21IN6O. The van der Waals surface area contributed by atoms with Crippen LogP contribution in [0, 0.1) is 6.92 Å². The van der Waals surface area contributed by atoms with Gasteiger partial charge in [0.1, 0.15) is 5.82 Å². The van der Waals surface area contributed by atoms with Crippen LogP contribution in [0.3, 0.4) is 0 Å². The molecule has 0 radical (unpaired) electrons. The topological polar surface area (TPSA) is 92.4 Å². The number of nitrogens with one attached hydrogen (secondary N) is 1. The van der Waals surface area contributed by atoms with Gasteiger partial charge in [-0.15, -0.1) is 24.0 Å². The Morgan fingerprint density at radius 1 is 1.39 bits per heavy atom. The maximum absolute atomic E-state index is 6.04. The Balaban J connectivity index is 0.00000192. The van der Waals surface area contributed by atoms with E-state index < -0.39 is 0 Å². The monoisotopic (exact) mass is 428 g/mol. The normalized spacial score (nSPS) is 15.3. The van der Waals surface area contributed by atoms with Gasteiger partial charge in [0.15, 0.2) is 11.8 Å². The van der Waals surface area contributed by atoms with Gasteiger partial charge in [-0.25, -0.2) is 9.98 Å². The molecule has 0 spiro atoms. The number of aliphatic imine (C=N–C) groups is 1. The van der Waals surface area contributed by atoms with E-state index in [0.29, 0.717) is 31.5 Å². The number of hydrogen-bond donors (Lipinski definition) is 2. The van der Waals surface area contributed by atoms with E-state index >= 15 is 0 Å². The number of morpholine rings is 1. The van der Waals surface area contributed by atoms with Gasteiger partial charge in [-0.2, -0.15) is 5.10 Å². The number of rotatable bonds is 3. The highest BCUT2D eigenvalue weighted by molar-refractivity contribution is 14.0. The number of H-pyrrole nitrogens is 1. The molecule has 2 aromatic rings. The average molecular weight is 428 g/mol. The van der Waals surface area contributed by atoms with Crippen molar-refractivity contribution >= 4 is 29.9 Å². The second kappa shape index (κ2) is 8.25. The first-order chi connectivity index (χ1) is 10.7. The molecule has 1 aromatic heterocycles. The maximum Gasteiger partial charge on any atom is 0.191 e. The quantitative estimate of drug-likeness (QED) is 0.440. The lowest BCUT2D eigenvalue weighted by molar-refractivity contribution is 0.0674. The lowest BCUT2D eigenvalue weighted by atomic mass is 10.1. The van der Waals surface area contributed by atoms with Crippen molar-refractivity contribution in [1.29, 1.82) is 0 Å². The molecule has 3 rings (SSSR count). The number of nitrogens with two attached hydrogens (primary N) is 1. The Kier molecular flexibility index (Phi) is 6.34. The molecule has 3 N–H and O–H groups in total. The second-order valence-corrected chi connectivity index (χ2v) is 5.22. The first-order valence-corrected chi connectivity index (χ1v) is 7.33. The molecule has 1 saturated heterocycles. The predicted molar refractivity (Wildman–Crippen MR) is 99.7 cm³/mol. The van der Waals surface area contributed by atoms with E-state index in [-0.39, 0.29) is 24.0 Å². The summed E-state index contributed by atoms with van der Waals surface area (Å²) in [5.41, 5.74) is 8.09. The van der Waals surface area contributed by atoms with Gasteiger partial charge in [-0.3, -0.25) is 5.10 Å². The van der Waals surface area contributed by atoms with E-state index in [1.165, 1.54) is 0 Å². The molecule has 0 amide bonds. The third kappa shape index (κ3) is 4.64. The third-order valence-electron chi connectivity index (χ3n) is 3.54. The summed E-state index contributed by atoms with van der Waals surface area (Å²) in [5, 5.41) is 7.03. The summed E-state index contributed by atoms with van der Waals surface area (Å²) >= 11 is 0. The van der Waals surface area contributed by atoms with Crippen molar-refractivity contribution in [1.82, 2.24) is 20.1 Å². The van der Waals surface area contributed by atoms with Gasteiger partial charge in [0.05, 0.1) is 19.8 Å². The Labute approximate surface area is 152 Å². The Morgan fingerprint density at radius 2 is 2.17 bits per heavy atom. The lowest BCUT2D eigenvalue weighted by Gasteiger charge is -2.27. The van der Waals surface area contributed by atoms with Crippen molar-refractivity contribution in [3.63, 3.8) is 0 Å². The molecule has 2 heterocycles. The lowest BCUT2D eigenvalue weighted by Crippen LogP contribution is -2.44. The molecule has 0 aliphatic carbocycles. The summed E-state index contributed by atoms with van der Waals surface area (Å²) in [6.45, 7) is 5.43. The highest BCUT2D eigenvalue weighted by atomic mass is 127. The van der Waals surface area contributed by atoms with Crippen LogP contribution in [-0.2, 0) is 11.3 Å². The van der Waals surface area contributed by atoms with Crippen molar-refractivity contribution in [2.75, 3.05) is 26.3 Å². The van der Waals surface area contributed by atoms with Crippen LogP contribution in [0.4, 0.5) is 0 Å². The van der Waals surface area contributed by atoms with Crippen LogP contribution < -0.4 is 5.73 Å². The minimum atomic E-state index is 0. The zero-order valence-electron chi connectivity index (χ0n) is 13.0. The van der Waals surface area contributed by atoms with Crippen LogP contribution in [0.1, 0.15) is 11.4 Å². The second-order valence-electron chi connectivity index (χ2n) is 5.22. The zero-order valence-corrected chi connectivity index (χ0v) is 15.4. The molecule has 0 unspecified atom stereocenters. The number of benzene rings is 1. The Bertz CT molecular complexity index is 665. The predicted octanol–water partition coefficient (Wildman–Crippen LogP) is 1.55. The number of aromatic amines is 1. The van der Waals surface area contributed by atoms with Crippen molar-refractivity contribution in [2.45, 2.75) is 13.5 Å². The fraction of sp³-hybridized carbons (Fsp3) is 0.400. The highest BCUT2D eigenvalue weighted by Crippen LogP contribution is 2.16. The van der Waals surface area contributed by atoms with E-state index in [1.54, 1.807) is 0 Å². The van der Waals surface area contributed by atoms with Crippen LogP contribution in [0.15, 0.2) is 29.3 Å². The minimum absolute atomic E-state index is 0. The molecule has 8 heteroatoms. The fourth-order valence-electron chi connectivity index (χ4n) is 2.35. The van der Waals surface area contributed by atoms with E-state index in [2.05, 4.69) is 20.2 Å². The third-order valence-corrected chi connectivity index (χ3v) is 3.54. The molecular weight excluding hydrogens is 407 g/mol. The van der Waals surface area contributed by atoms with Crippen LogP contribution in [0.25, 0.3) is 11.4 Å². The largest absolute Gasteiger partial charge is 0.378 e. The summed E-state index contributed by atoms with van der Waals surface area (Å²) < 4.78 is 5.31. The summed E-state index contributed by atoms with van der Waals surface area (Å²) in [7, 11) is 0. The van der Waals surface area contributed by atoms with Crippen LogP contribution in [0.2, 0.25) is 0 Å². The highest BCUT2D eigenvalue weighted by Gasteiger charge is 2.12. The molecule has 23 heavy (non-hydrogen) atoms. The molecule has 7 nitrogen and oxygen atoms in total. The number of halogens is 1. The summed E-state index contributed by atoms with van der Waals surface area (Å²) in [4.78, 5) is 10.9. The van der Waals surface area contributed by atoms with Gasteiger partial charge in [0.25, 0.3) is 0 Å². The van der Waals surface area contributed by atoms with Crippen molar-refractivity contribution < 1.29 is 4.74 Å². The molecule has 1 aliphatic rings.